The molecule has 0 amide bonds. The van der Waals surface area contributed by atoms with Crippen LogP contribution in [0.25, 0.3) is 0 Å². The van der Waals surface area contributed by atoms with Crippen LogP contribution in [0.4, 0.5) is 17.1 Å². The van der Waals surface area contributed by atoms with Crippen molar-refractivity contribution in [2.45, 2.75) is 49.7 Å². The lowest BCUT2D eigenvalue weighted by Gasteiger charge is -2.48. The molecule has 4 rings (SSSR count). The highest BCUT2D eigenvalue weighted by atomic mass is 35.5. The minimum atomic E-state index is -0.0197. The maximum absolute atomic E-state index is 6.44. The fourth-order valence-electron chi connectivity index (χ4n) is 4.81. The van der Waals surface area contributed by atoms with E-state index in [0.29, 0.717) is 0 Å². The van der Waals surface area contributed by atoms with Crippen LogP contribution in [0.5, 0.6) is 0 Å². The number of hydrogen-bond acceptors (Lipinski definition) is 2. The third-order valence-electron chi connectivity index (χ3n) is 6.82. The van der Waals surface area contributed by atoms with Crippen molar-refractivity contribution in [2.24, 2.45) is 0 Å². The quantitative estimate of drug-likeness (QED) is 0.359. The zero-order valence-electron chi connectivity index (χ0n) is 18.0. The summed E-state index contributed by atoms with van der Waals surface area (Å²) in [6.45, 7) is 4.69. The number of hydrogen-bond donors (Lipinski definition) is 1. The van der Waals surface area contributed by atoms with Gasteiger partial charge in [0.2, 0.25) is 0 Å². The Bertz CT molecular complexity index is 1020. The van der Waals surface area contributed by atoms with Crippen LogP contribution >= 0.6 is 24.2 Å². The van der Waals surface area contributed by atoms with Gasteiger partial charge in [-0.3, -0.25) is 0 Å². The summed E-state index contributed by atoms with van der Waals surface area (Å²) in [5, 5.41) is 0.754. The Morgan fingerprint density at radius 3 is 2.23 bits per heavy atom. The fourth-order valence-corrected chi connectivity index (χ4v) is 5.49. The van der Waals surface area contributed by atoms with Gasteiger partial charge in [-0.05, 0) is 67.8 Å². The smallest absolute Gasteiger partial charge is 0.139 e. The molecule has 0 saturated heterocycles. The molecule has 0 aliphatic heterocycles. The van der Waals surface area contributed by atoms with Crippen molar-refractivity contribution >= 4 is 54.6 Å². The molecule has 0 radical (unpaired) electrons. The molecular formula is C26H29BClNS. The van der Waals surface area contributed by atoms with Gasteiger partial charge in [0.1, 0.15) is 7.85 Å². The summed E-state index contributed by atoms with van der Waals surface area (Å²) in [5.41, 5.74) is 5.89. The van der Waals surface area contributed by atoms with Gasteiger partial charge in [0.15, 0.2) is 0 Å². The van der Waals surface area contributed by atoms with Crippen LogP contribution < -0.4 is 10.4 Å². The topological polar surface area (TPSA) is 3.24 Å². The number of anilines is 3. The van der Waals surface area contributed by atoms with Gasteiger partial charge in [0.25, 0.3) is 0 Å². The molecule has 4 heteroatoms. The Hall–Kier alpha value is -1.84. The molecule has 1 nitrogen and oxygen atoms in total. The molecule has 2 unspecified atom stereocenters. The van der Waals surface area contributed by atoms with Crippen LogP contribution in [0.3, 0.4) is 0 Å². The van der Waals surface area contributed by atoms with Gasteiger partial charge >= 0.3 is 0 Å². The van der Waals surface area contributed by atoms with E-state index in [1.165, 1.54) is 18.4 Å². The molecule has 3 aromatic carbocycles. The van der Waals surface area contributed by atoms with Gasteiger partial charge in [0.05, 0.1) is 0 Å². The highest BCUT2D eigenvalue weighted by Gasteiger charge is 2.45. The van der Waals surface area contributed by atoms with E-state index < -0.39 is 0 Å². The highest BCUT2D eigenvalue weighted by molar-refractivity contribution is 7.81. The van der Waals surface area contributed by atoms with E-state index in [4.69, 9.17) is 24.2 Å². The number of halogens is 1. The summed E-state index contributed by atoms with van der Waals surface area (Å²) in [6, 6.07) is 25.7. The van der Waals surface area contributed by atoms with Gasteiger partial charge in [0, 0.05) is 32.2 Å². The normalized spacial score (nSPS) is 23.9. The Kier molecular flexibility index (Phi) is 5.96. The van der Waals surface area contributed by atoms with E-state index in [9.17, 15) is 0 Å². The van der Waals surface area contributed by atoms with Gasteiger partial charge in [-0.15, -0.1) is 0 Å². The van der Waals surface area contributed by atoms with Crippen molar-refractivity contribution in [3.8, 4) is 0 Å². The first-order valence-corrected chi connectivity index (χ1v) is 11.6. The molecule has 1 saturated carbocycles. The minimum Gasteiger partial charge on any atom is -0.310 e. The van der Waals surface area contributed by atoms with Crippen molar-refractivity contribution in [3.05, 3.63) is 83.4 Å². The lowest BCUT2D eigenvalue weighted by Crippen LogP contribution is -2.45. The summed E-state index contributed by atoms with van der Waals surface area (Å²) < 4.78 is -0.0197. The van der Waals surface area contributed by atoms with E-state index in [1.807, 2.05) is 12.1 Å². The second kappa shape index (κ2) is 8.36. The first-order valence-electron chi connectivity index (χ1n) is 10.8. The van der Waals surface area contributed by atoms with Crippen LogP contribution in [0.2, 0.25) is 5.02 Å². The number of rotatable bonds is 4. The number of nitrogens with zero attached hydrogens (tertiary/aromatic N) is 1. The van der Waals surface area contributed by atoms with Crippen LogP contribution in [0.1, 0.15) is 45.1 Å². The van der Waals surface area contributed by atoms with Crippen LogP contribution in [-0.4, -0.2) is 12.6 Å². The molecule has 0 bridgehead atoms. The highest BCUT2D eigenvalue weighted by Crippen LogP contribution is 2.50. The number of thiol groups is 1. The summed E-state index contributed by atoms with van der Waals surface area (Å²) >= 11 is 11.6. The molecule has 30 heavy (non-hydrogen) atoms. The maximum atomic E-state index is 6.44. The van der Waals surface area contributed by atoms with E-state index in [0.717, 1.165) is 40.4 Å². The van der Waals surface area contributed by atoms with Gasteiger partial charge in [-0.25, -0.2) is 0 Å². The van der Waals surface area contributed by atoms with Crippen molar-refractivity contribution in [3.63, 3.8) is 0 Å². The third-order valence-corrected chi connectivity index (χ3v) is 7.76. The fraction of sp³-hybridized carbons (Fsp3) is 0.308. The number of para-hydroxylation sites is 1. The first kappa shape index (κ1) is 21.4. The average Bonchev–Trinajstić information content (AvgIpc) is 2.71. The van der Waals surface area contributed by atoms with Crippen molar-refractivity contribution in [2.75, 3.05) is 4.90 Å². The summed E-state index contributed by atoms with van der Waals surface area (Å²) in [7, 11) is 2.09. The van der Waals surface area contributed by atoms with Gasteiger partial charge < -0.3 is 4.90 Å². The largest absolute Gasteiger partial charge is 0.310 e. The van der Waals surface area contributed by atoms with E-state index in [2.05, 4.69) is 87.3 Å². The lowest BCUT2D eigenvalue weighted by molar-refractivity contribution is 0.256. The maximum Gasteiger partial charge on any atom is 0.139 e. The monoisotopic (exact) mass is 433 g/mol. The molecule has 2 atom stereocenters. The van der Waals surface area contributed by atoms with Crippen LogP contribution in [-0.2, 0) is 5.41 Å². The Labute approximate surface area is 192 Å². The second-order valence-electron chi connectivity index (χ2n) is 9.02. The van der Waals surface area contributed by atoms with Crippen LogP contribution in [0, 0.1) is 0 Å². The van der Waals surface area contributed by atoms with Crippen molar-refractivity contribution < 1.29 is 0 Å². The molecular weight excluding hydrogens is 405 g/mol. The SMILES string of the molecule is Bc1cc(Cl)cc(N(c2ccccc2)c2cccc(C3(C)CCCCC3(C)S)c2)c1. The predicted octanol–water partition coefficient (Wildman–Crippen LogP) is 6.59. The Morgan fingerprint density at radius 1 is 0.833 bits per heavy atom. The zero-order chi connectivity index (χ0) is 21.4. The molecule has 0 heterocycles. The summed E-state index contributed by atoms with van der Waals surface area (Å²) in [5.74, 6) is 0. The Balaban J connectivity index is 1.86. The van der Waals surface area contributed by atoms with E-state index >= 15 is 0 Å². The number of benzene rings is 3. The molecule has 0 spiro atoms. The third kappa shape index (κ3) is 4.02. The lowest BCUT2D eigenvalue weighted by atomic mass is 9.64. The van der Waals surface area contributed by atoms with E-state index in [1.54, 1.807) is 0 Å². The van der Waals surface area contributed by atoms with Crippen LogP contribution in [0.15, 0.2) is 72.8 Å². The second-order valence-corrected chi connectivity index (χ2v) is 10.4. The van der Waals surface area contributed by atoms with Crippen molar-refractivity contribution in [1.29, 1.82) is 0 Å². The van der Waals surface area contributed by atoms with Gasteiger partial charge in [-0.1, -0.05) is 67.2 Å². The summed E-state index contributed by atoms with van der Waals surface area (Å²) in [6.07, 6.45) is 4.82. The van der Waals surface area contributed by atoms with Gasteiger partial charge in [-0.2, -0.15) is 12.6 Å². The van der Waals surface area contributed by atoms with E-state index in [-0.39, 0.29) is 10.2 Å². The molecule has 1 aliphatic rings. The molecule has 1 aliphatic carbocycles. The zero-order valence-corrected chi connectivity index (χ0v) is 19.7. The standard InChI is InChI=1S/C26H29BClNS/c1-25(13-6-7-14-26(25,2)30)19-9-8-12-23(15-19)29(22-10-4-3-5-11-22)24-17-20(27)16-21(28)18-24/h3-5,8-12,15-18,30H,6-7,13-14,27H2,1-2H3. The minimum absolute atomic E-state index is 0.0197. The van der Waals surface area contributed by atoms with Crippen molar-refractivity contribution in [1.82, 2.24) is 0 Å². The average molecular weight is 434 g/mol. The molecule has 1 fully saturated rings. The Morgan fingerprint density at radius 2 is 1.53 bits per heavy atom. The predicted molar refractivity (Wildman–Crippen MR) is 138 cm³/mol. The summed E-state index contributed by atoms with van der Waals surface area (Å²) in [4.78, 5) is 2.30. The molecule has 0 aromatic heterocycles. The molecule has 0 N–H and O–H groups in total. The first-order chi connectivity index (χ1) is 14.3. The molecule has 3 aromatic rings. The molecule has 154 valence electrons.